The molecule has 2 aromatic carbocycles. The number of aryl methyl sites for hydroxylation is 2. The number of ether oxygens (including phenoxy) is 1. The van der Waals surface area contributed by atoms with E-state index >= 15 is 0 Å². The Labute approximate surface area is 170 Å². The molecule has 1 heterocycles. The smallest absolute Gasteiger partial charge is 0.251 e. The first kappa shape index (κ1) is 20.1. The van der Waals surface area contributed by atoms with Crippen molar-refractivity contribution >= 4 is 11.7 Å². The molecule has 0 unspecified atom stereocenters. The molecule has 4 N–H and O–H groups in total. The Balaban J connectivity index is 1.42. The summed E-state index contributed by atoms with van der Waals surface area (Å²) in [5, 5.41) is 10.3. The van der Waals surface area contributed by atoms with Crippen LogP contribution in [-0.4, -0.2) is 29.9 Å². The molecule has 0 radical (unpaired) electrons. The summed E-state index contributed by atoms with van der Waals surface area (Å²) in [5.41, 5.74) is 9.13. The highest BCUT2D eigenvalue weighted by atomic mass is 16.5. The lowest BCUT2D eigenvalue weighted by Crippen LogP contribution is -2.28. The lowest BCUT2D eigenvalue weighted by Gasteiger charge is -2.09. The molecular weight excluding hydrogens is 364 g/mol. The number of benzene rings is 2. The fraction of sp³-hybridized carbons (Fsp3) is 0.174. The van der Waals surface area contributed by atoms with E-state index in [1.807, 2.05) is 36.4 Å². The molecule has 6 heteroatoms. The number of nitrogen functional groups attached to an aromatic ring is 1. The van der Waals surface area contributed by atoms with Gasteiger partial charge in [0, 0.05) is 23.5 Å². The second-order valence-corrected chi connectivity index (χ2v) is 6.60. The summed E-state index contributed by atoms with van der Waals surface area (Å²) in [4.78, 5) is 16.3. The Morgan fingerprint density at radius 3 is 2.34 bits per heavy atom. The normalized spacial score (nSPS) is 10.3. The molecule has 0 aliphatic rings. The van der Waals surface area contributed by atoms with Gasteiger partial charge in [-0.1, -0.05) is 24.3 Å². The number of hydrogen-bond acceptors (Lipinski definition) is 4. The van der Waals surface area contributed by atoms with Crippen LogP contribution in [0.2, 0.25) is 0 Å². The lowest BCUT2D eigenvalue weighted by atomic mass is 10.0. The van der Waals surface area contributed by atoms with Crippen LogP contribution in [0.5, 0.6) is 5.75 Å². The number of rotatable bonds is 9. The third-order valence-electron chi connectivity index (χ3n) is 4.47. The van der Waals surface area contributed by atoms with Crippen molar-refractivity contribution in [3.63, 3.8) is 0 Å². The zero-order valence-corrected chi connectivity index (χ0v) is 16.1. The predicted octanol–water partition coefficient (Wildman–Crippen LogP) is 2.96. The highest BCUT2D eigenvalue weighted by Crippen LogP contribution is 2.13. The number of carbonyl (C=O) groups excluding carboxylic acids is 1. The van der Waals surface area contributed by atoms with Crippen molar-refractivity contribution in [2.24, 2.45) is 5.73 Å². The average molecular weight is 388 g/mol. The van der Waals surface area contributed by atoms with Crippen molar-refractivity contribution in [2.45, 2.75) is 12.8 Å². The Hall–Kier alpha value is -3.67. The van der Waals surface area contributed by atoms with Gasteiger partial charge < -0.3 is 15.8 Å². The minimum Gasteiger partial charge on any atom is -0.492 e. The molecule has 3 rings (SSSR count). The van der Waals surface area contributed by atoms with Crippen molar-refractivity contribution in [1.82, 2.24) is 10.3 Å². The molecule has 0 saturated carbocycles. The number of nitrogens with two attached hydrogens (primary N) is 1. The van der Waals surface area contributed by atoms with Gasteiger partial charge in [0.25, 0.3) is 5.91 Å². The standard InChI is InChI=1S/C23H24N4O2/c24-22(25)20-2-1-3-21(16-20)29-15-14-27-23(28)19-8-6-17(7-9-19)4-5-18-10-12-26-13-11-18/h1-3,6-13,16H,4-5,14-15H2,(H3,24,25)(H,27,28). The second kappa shape index (κ2) is 10.0. The average Bonchev–Trinajstić information content (AvgIpc) is 2.76. The molecule has 3 aromatic rings. The summed E-state index contributed by atoms with van der Waals surface area (Å²) in [6, 6.07) is 18.7. The van der Waals surface area contributed by atoms with E-state index in [0.717, 1.165) is 12.8 Å². The first-order valence-corrected chi connectivity index (χ1v) is 9.45. The van der Waals surface area contributed by atoms with Gasteiger partial charge in [0.2, 0.25) is 0 Å². The van der Waals surface area contributed by atoms with E-state index in [4.69, 9.17) is 15.9 Å². The van der Waals surface area contributed by atoms with E-state index in [2.05, 4.69) is 10.3 Å². The van der Waals surface area contributed by atoms with Crippen LogP contribution in [0.15, 0.2) is 73.1 Å². The first-order valence-electron chi connectivity index (χ1n) is 9.45. The van der Waals surface area contributed by atoms with Crippen molar-refractivity contribution in [1.29, 1.82) is 5.41 Å². The van der Waals surface area contributed by atoms with E-state index in [9.17, 15) is 4.79 Å². The monoisotopic (exact) mass is 388 g/mol. The minimum atomic E-state index is -0.133. The maximum absolute atomic E-state index is 12.3. The number of nitrogens with one attached hydrogen (secondary N) is 2. The fourth-order valence-corrected chi connectivity index (χ4v) is 2.85. The van der Waals surface area contributed by atoms with E-state index in [-0.39, 0.29) is 11.7 Å². The summed E-state index contributed by atoms with van der Waals surface area (Å²) in [6.07, 6.45) is 5.45. The molecule has 29 heavy (non-hydrogen) atoms. The molecule has 0 aliphatic heterocycles. The quantitative estimate of drug-likeness (QED) is 0.298. The van der Waals surface area contributed by atoms with Crippen LogP contribution in [0.4, 0.5) is 0 Å². The summed E-state index contributed by atoms with van der Waals surface area (Å²) in [7, 11) is 0. The fourth-order valence-electron chi connectivity index (χ4n) is 2.85. The minimum absolute atomic E-state index is 0.00650. The van der Waals surface area contributed by atoms with Gasteiger partial charge in [-0.05, 0) is 60.4 Å². The van der Waals surface area contributed by atoms with Gasteiger partial charge in [-0.3, -0.25) is 15.2 Å². The number of amidine groups is 1. The number of carbonyl (C=O) groups is 1. The molecule has 0 atom stereocenters. The van der Waals surface area contributed by atoms with Gasteiger partial charge in [-0.15, -0.1) is 0 Å². The molecule has 6 nitrogen and oxygen atoms in total. The van der Waals surface area contributed by atoms with Crippen LogP contribution in [0.3, 0.4) is 0 Å². The van der Waals surface area contributed by atoms with Crippen LogP contribution in [-0.2, 0) is 12.8 Å². The Morgan fingerprint density at radius 1 is 0.966 bits per heavy atom. The number of nitrogens with zero attached hydrogens (tertiary/aromatic N) is 1. The summed E-state index contributed by atoms with van der Waals surface area (Å²) in [6.45, 7) is 0.712. The summed E-state index contributed by atoms with van der Waals surface area (Å²) in [5.74, 6) is 0.477. The molecule has 0 aliphatic carbocycles. The van der Waals surface area contributed by atoms with Gasteiger partial charge in [-0.25, -0.2) is 0 Å². The van der Waals surface area contributed by atoms with E-state index < -0.39 is 0 Å². The molecule has 1 aromatic heterocycles. The zero-order chi connectivity index (χ0) is 20.5. The summed E-state index contributed by atoms with van der Waals surface area (Å²) >= 11 is 0. The van der Waals surface area contributed by atoms with Crippen molar-refractivity contribution in [3.05, 3.63) is 95.3 Å². The second-order valence-electron chi connectivity index (χ2n) is 6.60. The topological polar surface area (TPSA) is 101 Å². The molecule has 0 fully saturated rings. The maximum atomic E-state index is 12.3. The number of aromatic nitrogens is 1. The SMILES string of the molecule is N=C(N)c1cccc(OCCNC(=O)c2ccc(CCc3ccncc3)cc2)c1. The Bertz CT molecular complexity index is 956. The van der Waals surface area contributed by atoms with Crippen molar-refractivity contribution < 1.29 is 9.53 Å². The largest absolute Gasteiger partial charge is 0.492 e. The van der Waals surface area contributed by atoms with Crippen LogP contribution in [0, 0.1) is 5.41 Å². The van der Waals surface area contributed by atoms with E-state index in [0.29, 0.717) is 30.0 Å². The highest BCUT2D eigenvalue weighted by Gasteiger charge is 2.06. The molecule has 0 saturated heterocycles. The zero-order valence-electron chi connectivity index (χ0n) is 16.1. The van der Waals surface area contributed by atoms with Crippen molar-refractivity contribution in [3.8, 4) is 5.75 Å². The maximum Gasteiger partial charge on any atom is 0.251 e. The molecular formula is C23H24N4O2. The molecule has 0 spiro atoms. The van der Waals surface area contributed by atoms with Gasteiger partial charge in [0.15, 0.2) is 0 Å². The van der Waals surface area contributed by atoms with E-state index in [1.165, 1.54) is 11.1 Å². The molecule has 1 amide bonds. The third kappa shape index (κ3) is 6.17. The van der Waals surface area contributed by atoms with Gasteiger partial charge >= 0.3 is 0 Å². The summed E-state index contributed by atoms with van der Waals surface area (Å²) < 4.78 is 5.60. The van der Waals surface area contributed by atoms with Gasteiger partial charge in [0.1, 0.15) is 18.2 Å². The van der Waals surface area contributed by atoms with Crippen LogP contribution in [0.25, 0.3) is 0 Å². The predicted molar refractivity (Wildman–Crippen MR) is 113 cm³/mol. The van der Waals surface area contributed by atoms with E-state index in [1.54, 1.807) is 36.7 Å². The highest BCUT2D eigenvalue weighted by molar-refractivity contribution is 5.95. The van der Waals surface area contributed by atoms with Gasteiger partial charge in [0.05, 0.1) is 6.54 Å². The van der Waals surface area contributed by atoms with Crippen LogP contribution in [0.1, 0.15) is 27.0 Å². The molecule has 0 bridgehead atoms. The van der Waals surface area contributed by atoms with Gasteiger partial charge in [-0.2, -0.15) is 0 Å². The number of amides is 1. The Kier molecular flexibility index (Phi) is 6.95. The third-order valence-corrected chi connectivity index (χ3v) is 4.47. The van der Waals surface area contributed by atoms with Crippen LogP contribution >= 0.6 is 0 Å². The molecule has 148 valence electrons. The Morgan fingerprint density at radius 2 is 1.66 bits per heavy atom. The number of hydrogen-bond donors (Lipinski definition) is 3. The lowest BCUT2D eigenvalue weighted by molar-refractivity contribution is 0.0947. The number of pyridine rings is 1. The van der Waals surface area contributed by atoms with Crippen molar-refractivity contribution in [2.75, 3.05) is 13.2 Å². The van der Waals surface area contributed by atoms with Crippen LogP contribution < -0.4 is 15.8 Å². The first-order chi connectivity index (χ1) is 14.1.